The highest BCUT2D eigenvalue weighted by Gasteiger charge is 2.39. The van der Waals surface area contributed by atoms with Crippen molar-refractivity contribution in [1.29, 1.82) is 0 Å². The van der Waals surface area contributed by atoms with E-state index in [0.29, 0.717) is 42.2 Å². The standard InChI is InChI=1S/C26H30N6O4/c1-16-14-31(21-6-7-23(33)28-25(21)35)26(36)20(16)5-3-4-18-8-10-30(11-9-18)15-19-13-24(34)32-22(27-19)12-17(2)29-32/h3-5,12-13,18,21,34H,1,6-11,14-15H2,2H3,(H,28,33,35)/b4-3+,20-5+. The van der Waals surface area contributed by atoms with Crippen LogP contribution >= 0.6 is 0 Å². The number of hydrogen-bond acceptors (Lipinski definition) is 7. The van der Waals surface area contributed by atoms with Crippen molar-refractivity contribution < 1.29 is 19.5 Å². The third kappa shape index (κ3) is 4.81. The minimum absolute atomic E-state index is 0.0909. The number of aromatic hydroxyl groups is 1. The first kappa shape index (κ1) is 23.9. The van der Waals surface area contributed by atoms with E-state index in [4.69, 9.17) is 0 Å². The minimum Gasteiger partial charge on any atom is -0.493 e. The first-order valence-corrected chi connectivity index (χ1v) is 12.3. The number of fused-ring (bicyclic) bond motifs is 1. The molecule has 3 aliphatic heterocycles. The molecule has 5 rings (SSSR count). The quantitative estimate of drug-likeness (QED) is 0.483. The fourth-order valence-electron chi connectivity index (χ4n) is 5.14. The van der Waals surface area contributed by atoms with Crippen LogP contribution in [-0.4, -0.2) is 72.9 Å². The normalized spacial score (nSPS) is 23.5. The molecular formula is C26H30N6O4. The third-order valence-corrected chi connectivity index (χ3v) is 7.07. The zero-order valence-corrected chi connectivity index (χ0v) is 20.3. The summed E-state index contributed by atoms with van der Waals surface area (Å²) in [6.07, 6.45) is 8.38. The molecule has 0 bridgehead atoms. The average Bonchev–Trinajstić information content (AvgIpc) is 3.34. The Morgan fingerprint density at radius 2 is 1.97 bits per heavy atom. The summed E-state index contributed by atoms with van der Waals surface area (Å²) in [7, 11) is 0. The van der Waals surface area contributed by atoms with E-state index in [9.17, 15) is 19.5 Å². The molecule has 0 saturated carbocycles. The Morgan fingerprint density at radius 3 is 2.72 bits per heavy atom. The molecule has 0 spiro atoms. The van der Waals surface area contributed by atoms with Crippen LogP contribution in [0.3, 0.4) is 0 Å². The van der Waals surface area contributed by atoms with E-state index in [1.165, 1.54) is 9.42 Å². The lowest BCUT2D eigenvalue weighted by Crippen LogP contribution is -2.52. The number of nitrogens with zero attached hydrogens (tertiary/aromatic N) is 5. The molecule has 10 nitrogen and oxygen atoms in total. The molecule has 36 heavy (non-hydrogen) atoms. The number of aromatic nitrogens is 3. The van der Waals surface area contributed by atoms with Gasteiger partial charge in [-0.05, 0) is 56.8 Å². The number of imide groups is 1. The summed E-state index contributed by atoms with van der Waals surface area (Å²) in [5.74, 6) is -0.435. The van der Waals surface area contributed by atoms with Gasteiger partial charge in [-0.1, -0.05) is 18.7 Å². The Morgan fingerprint density at radius 1 is 1.19 bits per heavy atom. The van der Waals surface area contributed by atoms with Crippen LogP contribution in [0.15, 0.2) is 48.1 Å². The molecule has 10 heteroatoms. The molecule has 0 radical (unpaired) electrons. The van der Waals surface area contributed by atoms with Crippen molar-refractivity contribution in [3.8, 4) is 5.88 Å². The molecule has 2 N–H and O–H groups in total. The van der Waals surface area contributed by atoms with Gasteiger partial charge in [0.25, 0.3) is 5.91 Å². The van der Waals surface area contributed by atoms with Gasteiger partial charge in [0.2, 0.25) is 17.7 Å². The van der Waals surface area contributed by atoms with Gasteiger partial charge in [-0.25, -0.2) is 4.98 Å². The summed E-state index contributed by atoms with van der Waals surface area (Å²) in [6.45, 7) is 8.67. The molecule has 3 amide bonds. The van der Waals surface area contributed by atoms with Gasteiger partial charge in [0.15, 0.2) is 5.65 Å². The Kier molecular flexibility index (Phi) is 6.44. The Balaban J connectivity index is 1.15. The van der Waals surface area contributed by atoms with Gasteiger partial charge in [0.1, 0.15) is 6.04 Å². The summed E-state index contributed by atoms with van der Waals surface area (Å²) < 4.78 is 1.44. The number of carbonyl (C=O) groups is 3. The fraction of sp³-hybridized carbons (Fsp3) is 0.423. The first-order valence-electron chi connectivity index (χ1n) is 12.3. The first-order chi connectivity index (χ1) is 17.3. The van der Waals surface area contributed by atoms with Gasteiger partial charge in [-0.2, -0.15) is 9.61 Å². The van der Waals surface area contributed by atoms with Gasteiger partial charge < -0.3 is 10.0 Å². The van der Waals surface area contributed by atoms with Gasteiger partial charge in [-0.3, -0.25) is 24.6 Å². The zero-order chi connectivity index (χ0) is 25.4. The van der Waals surface area contributed by atoms with Crippen LogP contribution in [0.25, 0.3) is 5.65 Å². The lowest BCUT2D eigenvalue weighted by molar-refractivity contribution is -0.142. The van der Waals surface area contributed by atoms with Crippen LogP contribution in [0.4, 0.5) is 0 Å². The number of likely N-dealkylation sites (tertiary alicyclic amines) is 2. The molecule has 188 valence electrons. The second kappa shape index (κ2) is 9.69. The topological polar surface area (TPSA) is 120 Å². The van der Waals surface area contributed by atoms with Crippen LogP contribution in [-0.2, 0) is 20.9 Å². The van der Waals surface area contributed by atoms with Crippen molar-refractivity contribution in [1.82, 2.24) is 29.7 Å². The summed E-state index contributed by atoms with van der Waals surface area (Å²) in [6, 6.07) is 2.89. The van der Waals surface area contributed by atoms with Gasteiger partial charge in [-0.15, -0.1) is 0 Å². The number of piperidine rings is 2. The molecule has 3 fully saturated rings. The monoisotopic (exact) mass is 490 g/mol. The van der Waals surface area contributed by atoms with Crippen LogP contribution in [0.1, 0.15) is 37.1 Å². The van der Waals surface area contributed by atoms with Crippen molar-refractivity contribution in [2.45, 2.75) is 45.2 Å². The zero-order valence-electron chi connectivity index (χ0n) is 20.3. The second-order valence-corrected chi connectivity index (χ2v) is 9.74. The van der Waals surface area contributed by atoms with Crippen molar-refractivity contribution in [3.63, 3.8) is 0 Å². The largest absolute Gasteiger partial charge is 0.493 e. The van der Waals surface area contributed by atoms with E-state index in [2.05, 4.69) is 33.0 Å². The van der Waals surface area contributed by atoms with Crippen molar-refractivity contribution in [2.75, 3.05) is 19.6 Å². The van der Waals surface area contributed by atoms with E-state index in [1.807, 2.05) is 19.1 Å². The number of aryl methyl sites for hydroxylation is 1. The Bertz CT molecular complexity index is 1300. The number of carbonyl (C=O) groups excluding carboxylic acids is 3. The SMILES string of the molecule is C=C1CN(C2CCC(=O)NC2=O)C(=O)/C1=C/C=C/C1CCN(Cc2cc(O)n3nc(C)cc3n2)CC1. The number of rotatable bonds is 5. The number of allylic oxidation sites excluding steroid dienone is 3. The highest BCUT2D eigenvalue weighted by Crippen LogP contribution is 2.27. The maximum Gasteiger partial charge on any atom is 0.255 e. The van der Waals surface area contributed by atoms with Crippen molar-refractivity contribution >= 4 is 23.4 Å². The van der Waals surface area contributed by atoms with Crippen molar-refractivity contribution in [3.05, 3.63) is 59.5 Å². The lowest BCUT2D eigenvalue weighted by Gasteiger charge is -2.30. The number of amides is 3. The second-order valence-electron chi connectivity index (χ2n) is 9.74. The molecule has 0 aliphatic carbocycles. The maximum atomic E-state index is 12.9. The van der Waals surface area contributed by atoms with Crippen LogP contribution < -0.4 is 5.32 Å². The minimum atomic E-state index is -0.624. The molecule has 2 aromatic heterocycles. The van der Waals surface area contributed by atoms with E-state index in [0.717, 1.165) is 37.3 Å². The molecule has 1 atom stereocenters. The molecule has 3 aliphatic rings. The maximum absolute atomic E-state index is 12.9. The van der Waals surface area contributed by atoms with E-state index >= 15 is 0 Å². The van der Waals surface area contributed by atoms with Gasteiger partial charge in [0.05, 0.1) is 11.4 Å². The number of hydrogen-bond donors (Lipinski definition) is 2. The van der Waals surface area contributed by atoms with Crippen molar-refractivity contribution in [2.24, 2.45) is 5.92 Å². The fourth-order valence-corrected chi connectivity index (χ4v) is 5.14. The molecule has 1 unspecified atom stereocenters. The third-order valence-electron chi connectivity index (χ3n) is 7.07. The summed E-state index contributed by atoms with van der Waals surface area (Å²) in [5.41, 5.74) is 3.48. The molecule has 3 saturated heterocycles. The lowest BCUT2D eigenvalue weighted by atomic mass is 9.96. The summed E-state index contributed by atoms with van der Waals surface area (Å²) in [5, 5.41) is 16.8. The van der Waals surface area contributed by atoms with E-state index in [1.54, 1.807) is 12.1 Å². The van der Waals surface area contributed by atoms with Crippen LogP contribution in [0, 0.1) is 12.8 Å². The van der Waals surface area contributed by atoms with Crippen LogP contribution in [0.5, 0.6) is 5.88 Å². The smallest absolute Gasteiger partial charge is 0.255 e. The van der Waals surface area contributed by atoms with E-state index in [-0.39, 0.29) is 24.1 Å². The Labute approximate surface area is 209 Å². The molecule has 0 aromatic carbocycles. The molecular weight excluding hydrogens is 460 g/mol. The highest BCUT2D eigenvalue weighted by molar-refractivity contribution is 6.06. The summed E-state index contributed by atoms with van der Waals surface area (Å²) in [4.78, 5) is 45.0. The van der Waals surface area contributed by atoms with Crippen LogP contribution in [0.2, 0.25) is 0 Å². The predicted octanol–water partition coefficient (Wildman–Crippen LogP) is 1.64. The highest BCUT2D eigenvalue weighted by atomic mass is 16.3. The Hall–Kier alpha value is -3.79. The number of nitrogens with one attached hydrogen (secondary N) is 1. The average molecular weight is 491 g/mol. The van der Waals surface area contributed by atoms with Gasteiger partial charge in [0, 0.05) is 37.2 Å². The summed E-state index contributed by atoms with van der Waals surface area (Å²) >= 11 is 0. The molecule has 2 aromatic rings. The van der Waals surface area contributed by atoms with Gasteiger partial charge >= 0.3 is 0 Å². The van der Waals surface area contributed by atoms with E-state index < -0.39 is 11.9 Å². The predicted molar refractivity (Wildman–Crippen MR) is 132 cm³/mol. The molecule has 5 heterocycles.